The monoisotopic (exact) mass is 720 g/mol. The molecule has 9 aromatic rings. The molecule has 7 aromatic carbocycles. The van der Waals surface area contributed by atoms with E-state index >= 15 is 0 Å². The van der Waals surface area contributed by atoms with Crippen molar-refractivity contribution < 1.29 is 4.42 Å². The third-order valence-corrected chi connectivity index (χ3v) is 12.1. The molecule has 1 aliphatic carbocycles. The summed E-state index contributed by atoms with van der Waals surface area (Å²) in [4.78, 5) is 0. The van der Waals surface area contributed by atoms with E-state index in [-0.39, 0.29) is 0 Å². The van der Waals surface area contributed by atoms with Crippen LogP contribution in [0.2, 0.25) is 0 Å². The zero-order valence-corrected chi connectivity index (χ0v) is 27.8. The Bertz CT molecular complexity index is 2680. The average molecular weight is 723 g/mol. The number of hydrogen-bond acceptors (Lipinski definition) is 2. The van der Waals surface area contributed by atoms with Crippen LogP contribution in [0.4, 0.5) is 0 Å². The number of benzene rings is 7. The lowest BCUT2D eigenvalue weighted by Crippen LogP contribution is -2.28. The second-order valence-corrected chi connectivity index (χ2v) is 14.6. The Morgan fingerprint density at radius 3 is 1.98 bits per heavy atom. The predicted octanol–water partition coefficient (Wildman–Crippen LogP) is 13.0. The Morgan fingerprint density at radius 2 is 1.13 bits per heavy atom. The van der Waals surface area contributed by atoms with Gasteiger partial charge in [0, 0.05) is 45.5 Å². The first-order valence-electron chi connectivity index (χ1n) is 15.0. The number of fused-ring (bicyclic) bond motifs is 12. The Kier molecular flexibility index (Phi) is 5.44. The first-order valence-corrected chi connectivity index (χ1v) is 17.4. The van der Waals surface area contributed by atoms with Crippen molar-refractivity contribution in [1.82, 2.24) is 0 Å². The zero-order chi connectivity index (χ0) is 29.9. The fourth-order valence-electron chi connectivity index (χ4n) is 7.87. The molecule has 0 fully saturated rings. The maximum Gasteiger partial charge on any atom is 0.144 e. The normalized spacial score (nSPS) is 15.9. The minimum absolute atomic E-state index is 0.585. The molecule has 45 heavy (non-hydrogen) atoms. The van der Waals surface area contributed by atoms with Crippen molar-refractivity contribution in [2.24, 2.45) is 0 Å². The number of para-hydroxylation sites is 1. The number of furan rings is 1. The number of thiophene rings is 1. The summed E-state index contributed by atoms with van der Waals surface area (Å²) in [5.41, 5.74) is 8.61. The first kappa shape index (κ1) is 26.0. The molecule has 1 unspecified atom stereocenters. The number of halogens is 2. The van der Waals surface area contributed by atoms with Crippen LogP contribution in [0.15, 0.2) is 147 Å². The van der Waals surface area contributed by atoms with E-state index in [0.717, 1.165) is 30.9 Å². The Balaban J connectivity index is 1.45. The van der Waals surface area contributed by atoms with Gasteiger partial charge in [0.05, 0.1) is 5.41 Å². The van der Waals surface area contributed by atoms with Crippen LogP contribution in [0.25, 0.3) is 64.0 Å². The Hall–Kier alpha value is -4.22. The molecule has 0 spiro atoms. The minimum atomic E-state index is -0.585. The van der Waals surface area contributed by atoms with Crippen LogP contribution in [-0.2, 0) is 5.41 Å². The molecule has 0 radical (unpaired) electrons. The second kappa shape index (κ2) is 9.40. The smallest absolute Gasteiger partial charge is 0.144 e. The molecule has 2 aromatic heterocycles. The fourth-order valence-corrected chi connectivity index (χ4v) is 10.2. The van der Waals surface area contributed by atoms with E-state index in [1.54, 1.807) is 0 Å². The van der Waals surface area contributed by atoms with E-state index < -0.39 is 5.41 Å². The summed E-state index contributed by atoms with van der Waals surface area (Å²) in [5, 5.41) is 7.26. The fraction of sp³-hybridized carbons (Fsp3) is 0.0244. The summed E-state index contributed by atoms with van der Waals surface area (Å²) in [6, 6.07) is 48.7. The SMILES string of the molecule is Brc1cc2c(c3ccccc13)-c1c(cc(Br)c3c1oc1ccccc13)C2(c1ccccc1)c1ccc2c(c1)sc1ccccc12. The molecule has 0 saturated heterocycles. The summed E-state index contributed by atoms with van der Waals surface area (Å²) < 4.78 is 11.6. The second-order valence-electron chi connectivity index (χ2n) is 11.8. The molecule has 0 aliphatic heterocycles. The van der Waals surface area contributed by atoms with Crippen LogP contribution in [0, 0.1) is 0 Å². The van der Waals surface area contributed by atoms with Gasteiger partial charge in [-0.1, -0.05) is 135 Å². The van der Waals surface area contributed by atoms with Crippen molar-refractivity contribution in [1.29, 1.82) is 0 Å². The molecular weight excluding hydrogens is 700 g/mol. The van der Waals surface area contributed by atoms with E-state index in [2.05, 4.69) is 159 Å². The van der Waals surface area contributed by atoms with Crippen molar-refractivity contribution in [2.75, 3.05) is 0 Å². The van der Waals surface area contributed by atoms with Crippen molar-refractivity contribution in [3.8, 4) is 11.1 Å². The molecule has 1 atom stereocenters. The first-order chi connectivity index (χ1) is 22.1. The maximum atomic E-state index is 6.85. The maximum absolute atomic E-state index is 6.85. The highest BCUT2D eigenvalue weighted by Crippen LogP contribution is 2.62. The summed E-state index contributed by atoms with van der Waals surface area (Å²) in [6.45, 7) is 0. The molecule has 2 heterocycles. The standard InChI is InChI=1S/C41H22Br2OS/c42-32-21-30-37(28-14-5-4-12-25(28)32)39-31(22-33(43)38-29-15-6-8-16-34(29)44-40(38)39)41(30,23-10-2-1-3-11-23)24-18-19-27-26-13-7-9-17-35(26)45-36(27)20-24/h1-22H. The summed E-state index contributed by atoms with van der Waals surface area (Å²) in [5.74, 6) is 0. The Labute approximate surface area is 280 Å². The van der Waals surface area contributed by atoms with E-state index in [1.165, 1.54) is 64.3 Å². The topological polar surface area (TPSA) is 13.1 Å². The lowest BCUT2D eigenvalue weighted by Gasteiger charge is -2.34. The van der Waals surface area contributed by atoms with Crippen LogP contribution in [0.3, 0.4) is 0 Å². The molecule has 0 saturated carbocycles. The molecule has 1 aliphatic rings. The molecule has 1 nitrogen and oxygen atoms in total. The lowest BCUT2D eigenvalue weighted by atomic mass is 9.67. The highest BCUT2D eigenvalue weighted by molar-refractivity contribution is 9.11. The van der Waals surface area contributed by atoms with E-state index in [4.69, 9.17) is 4.42 Å². The predicted molar refractivity (Wildman–Crippen MR) is 197 cm³/mol. The Morgan fingerprint density at radius 1 is 0.489 bits per heavy atom. The average Bonchev–Trinajstić information content (AvgIpc) is 3.74. The lowest BCUT2D eigenvalue weighted by molar-refractivity contribution is 0.668. The quantitative estimate of drug-likeness (QED) is 0.173. The molecule has 4 heteroatoms. The molecular formula is C41H22Br2OS. The van der Waals surface area contributed by atoms with Gasteiger partial charge in [-0.2, -0.15) is 0 Å². The van der Waals surface area contributed by atoms with Gasteiger partial charge in [-0.25, -0.2) is 0 Å². The van der Waals surface area contributed by atoms with Gasteiger partial charge in [0.1, 0.15) is 11.2 Å². The molecule has 0 amide bonds. The van der Waals surface area contributed by atoms with Gasteiger partial charge in [-0.05, 0) is 68.9 Å². The van der Waals surface area contributed by atoms with Crippen LogP contribution < -0.4 is 0 Å². The van der Waals surface area contributed by atoms with Gasteiger partial charge >= 0.3 is 0 Å². The largest absolute Gasteiger partial charge is 0.455 e. The van der Waals surface area contributed by atoms with E-state index in [0.29, 0.717) is 0 Å². The number of hydrogen-bond donors (Lipinski definition) is 0. The molecule has 212 valence electrons. The third kappa shape index (κ3) is 3.37. The molecule has 10 rings (SSSR count). The highest BCUT2D eigenvalue weighted by Gasteiger charge is 2.49. The van der Waals surface area contributed by atoms with Crippen molar-refractivity contribution >= 4 is 96.1 Å². The van der Waals surface area contributed by atoms with Crippen molar-refractivity contribution in [3.05, 3.63) is 165 Å². The van der Waals surface area contributed by atoms with Gasteiger partial charge in [0.2, 0.25) is 0 Å². The zero-order valence-electron chi connectivity index (χ0n) is 23.8. The molecule has 0 N–H and O–H groups in total. The van der Waals surface area contributed by atoms with Gasteiger partial charge in [0.15, 0.2) is 0 Å². The van der Waals surface area contributed by atoms with E-state index in [9.17, 15) is 0 Å². The molecule has 0 bridgehead atoms. The van der Waals surface area contributed by atoms with Crippen LogP contribution in [0.5, 0.6) is 0 Å². The summed E-state index contributed by atoms with van der Waals surface area (Å²) in [7, 11) is 0. The summed E-state index contributed by atoms with van der Waals surface area (Å²) in [6.07, 6.45) is 0. The highest BCUT2D eigenvalue weighted by atomic mass is 79.9. The van der Waals surface area contributed by atoms with E-state index in [1.807, 2.05) is 17.4 Å². The van der Waals surface area contributed by atoms with Crippen LogP contribution >= 0.6 is 43.2 Å². The van der Waals surface area contributed by atoms with Gasteiger partial charge in [0.25, 0.3) is 0 Å². The van der Waals surface area contributed by atoms with Crippen molar-refractivity contribution in [2.45, 2.75) is 5.41 Å². The van der Waals surface area contributed by atoms with Crippen LogP contribution in [0.1, 0.15) is 22.3 Å². The van der Waals surface area contributed by atoms with Gasteiger partial charge in [-0.3, -0.25) is 0 Å². The van der Waals surface area contributed by atoms with Gasteiger partial charge < -0.3 is 4.42 Å². The number of rotatable bonds is 2. The third-order valence-electron chi connectivity index (χ3n) is 9.67. The van der Waals surface area contributed by atoms with Gasteiger partial charge in [-0.15, -0.1) is 11.3 Å². The van der Waals surface area contributed by atoms with Crippen molar-refractivity contribution in [3.63, 3.8) is 0 Å². The summed E-state index contributed by atoms with van der Waals surface area (Å²) >= 11 is 9.94. The van der Waals surface area contributed by atoms with Crippen LogP contribution in [-0.4, -0.2) is 0 Å². The minimum Gasteiger partial charge on any atom is -0.455 e.